The predicted molar refractivity (Wildman–Crippen MR) is 101 cm³/mol. The van der Waals surface area contributed by atoms with Gasteiger partial charge in [0.2, 0.25) is 0 Å². The van der Waals surface area contributed by atoms with Crippen molar-refractivity contribution in [1.82, 2.24) is 14.6 Å². The number of thiophene rings is 1. The summed E-state index contributed by atoms with van der Waals surface area (Å²) in [6.07, 6.45) is -4.67. The van der Waals surface area contributed by atoms with E-state index in [1.54, 1.807) is 35.7 Å². The Morgan fingerprint density at radius 2 is 1.96 bits per heavy atom. The van der Waals surface area contributed by atoms with Crippen molar-refractivity contribution in [2.24, 2.45) is 0 Å². The van der Waals surface area contributed by atoms with Crippen LogP contribution in [0.2, 0.25) is 5.02 Å². The third-order valence-corrected chi connectivity index (χ3v) is 4.93. The van der Waals surface area contributed by atoms with Gasteiger partial charge in [0.25, 0.3) is 5.91 Å². The Kier molecular flexibility index (Phi) is 4.56. The molecule has 0 bridgehead atoms. The maximum absolute atomic E-state index is 13.5. The number of fused-ring (bicyclic) bond motifs is 1. The lowest BCUT2D eigenvalue weighted by molar-refractivity contribution is -0.142. The van der Waals surface area contributed by atoms with Gasteiger partial charge in [-0.15, -0.1) is 11.3 Å². The Hall–Kier alpha value is -2.91. The highest BCUT2D eigenvalue weighted by molar-refractivity contribution is 7.13. The molecule has 1 aromatic carbocycles. The standard InChI is InChI=1S/C18H10ClF3N4OS/c19-10-3-1-4-11(7-10)23-17(27)13-9-16-24-12(14-5-2-6-28-14)8-15(18(20,21)22)26(16)25-13/h1-9H,(H,23,27). The van der Waals surface area contributed by atoms with Crippen LogP contribution in [0.15, 0.2) is 53.9 Å². The molecule has 0 aliphatic carbocycles. The summed E-state index contributed by atoms with van der Waals surface area (Å²) in [6.45, 7) is 0. The van der Waals surface area contributed by atoms with Crippen LogP contribution in [-0.4, -0.2) is 20.5 Å². The number of amides is 1. The van der Waals surface area contributed by atoms with E-state index in [9.17, 15) is 18.0 Å². The number of anilines is 1. The highest BCUT2D eigenvalue weighted by Crippen LogP contribution is 2.33. The maximum atomic E-state index is 13.5. The molecule has 0 saturated heterocycles. The maximum Gasteiger partial charge on any atom is 0.433 e. The van der Waals surface area contributed by atoms with Crippen LogP contribution in [0.5, 0.6) is 0 Å². The van der Waals surface area contributed by atoms with Crippen LogP contribution < -0.4 is 5.32 Å². The van der Waals surface area contributed by atoms with Gasteiger partial charge in [0.05, 0.1) is 10.6 Å². The van der Waals surface area contributed by atoms with Crippen LogP contribution in [0, 0.1) is 0 Å². The first kappa shape index (κ1) is 18.5. The van der Waals surface area contributed by atoms with Gasteiger partial charge >= 0.3 is 6.18 Å². The fourth-order valence-electron chi connectivity index (χ4n) is 2.60. The van der Waals surface area contributed by atoms with Crippen molar-refractivity contribution in [2.75, 3.05) is 5.32 Å². The van der Waals surface area contributed by atoms with E-state index in [0.717, 1.165) is 6.07 Å². The molecule has 1 amide bonds. The Bertz CT molecular complexity index is 1170. The zero-order valence-electron chi connectivity index (χ0n) is 13.9. The number of benzene rings is 1. The second-order valence-corrected chi connectivity index (χ2v) is 7.15. The average Bonchev–Trinajstić information content (AvgIpc) is 3.29. The van der Waals surface area contributed by atoms with E-state index in [1.165, 1.54) is 23.5 Å². The Balaban J connectivity index is 1.78. The highest BCUT2D eigenvalue weighted by atomic mass is 35.5. The zero-order valence-corrected chi connectivity index (χ0v) is 15.4. The first-order valence-electron chi connectivity index (χ1n) is 7.90. The Morgan fingerprint density at radius 1 is 1.14 bits per heavy atom. The van der Waals surface area contributed by atoms with Gasteiger partial charge in [-0.2, -0.15) is 18.3 Å². The van der Waals surface area contributed by atoms with Gasteiger partial charge in [0.1, 0.15) is 0 Å². The smallest absolute Gasteiger partial charge is 0.321 e. The molecule has 5 nitrogen and oxygen atoms in total. The first-order chi connectivity index (χ1) is 13.3. The zero-order chi connectivity index (χ0) is 19.9. The van der Waals surface area contributed by atoms with Gasteiger partial charge < -0.3 is 5.32 Å². The van der Waals surface area contributed by atoms with E-state index >= 15 is 0 Å². The van der Waals surface area contributed by atoms with Crippen molar-refractivity contribution in [3.8, 4) is 10.6 Å². The molecule has 28 heavy (non-hydrogen) atoms. The number of carbonyl (C=O) groups is 1. The molecule has 0 radical (unpaired) electrons. The molecule has 0 atom stereocenters. The topological polar surface area (TPSA) is 59.3 Å². The van der Waals surface area contributed by atoms with Crippen molar-refractivity contribution in [2.45, 2.75) is 6.18 Å². The molecule has 142 valence electrons. The van der Waals surface area contributed by atoms with Crippen LogP contribution in [0.3, 0.4) is 0 Å². The SMILES string of the molecule is O=C(Nc1cccc(Cl)c1)c1cc2nc(-c3cccs3)cc(C(F)(F)F)n2n1. The molecule has 1 N–H and O–H groups in total. The molecule has 0 spiro atoms. The van der Waals surface area contributed by atoms with Crippen LogP contribution >= 0.6 is 22.9 Å². The fourth-order valence-corrected chi connectivity index (χ4v) is 3.48. The number of aromatic nitrogens is 3. The quantitative estimate of drug-likeness (QED) is 0.482. The summed E-state index contributed by atoms with van der Waals surface area (Å²) in [5, 5.41) is 8.52. The average molecular weight is 423 g/mol. The van der Waals surface area contributed by atoms with Gasteiger partial charge in [-0.05, 0) is 35.7 Å². The summed E-state index contributed by atoms with van der Waals surface area (Å²) < 4.78 is 41.3. The van der Waals surface area contributed by atoms with Crippen molar-refractivity contribution in [3.63, 3.8) is 0 Å². The number of alkyl halides is 3. The lowest BCUT2D eigenvalue weighted by atomic mass is 10.2. The number of carbonyl (C=O) groups excluding carboxylic acids is 1. The predicted octanol–water partition coefficient (Wildman–Crippen LogP) is 5.38. The minimum atomic E-state index is -4.67. The molecule has 10 heteroatoms. The summed E-state index contributed by atoms with van der Waals surface area (Å²) >= 11 is 7.14. The first-order valence-corrected chi connectivity index (χ1v) is 9.16. The van der Waals surface area contributed by atoms with Gasteiger partial charge in [0, 0.05) is 16.8 Å². The number of nitrogens with one attached hydrogen (secondary N) is 1. The number of hydrogen-bond acceptors (Lipinski definition) is 4. The molecule has 0 aliphatic rings. The summed E-state index contributed by atoms with van der Waals surface area (Å²) in [5.41, 5.74) is -0.715. The van der Waals surface area contributed by atoms with Crippen molar-refractivity contribution in [3.05, 3.63) is 70.3 Å². The monoisotopic (exact) mass is 422 g/mol. The van der Waals surface area contributed by atoms with Gasteiger partial charge in [-0.3, -0.25) is 4.79 Å². The van der Waals surface area contributed by atoms with Crippen molar-refractivity contribution >= 4 is 40.2 Å². The van der Waals surface area contributed by atoms with E-state index in [4.69, 9.17) is 11.6 Å². The largest absolute Gasteiger partial charge is 0.433 e. The number of halogens is 4. The van der Waals surface area contributed by atoms with E-state index < -0.39 is 17.8 Å². The van der Waals surface area contributed by atoms with E-state index in [1.807, 2.05) is 0 Å². The third-order valence-electron chi connectivity index (χ3n) is 3.81. The molecule has 0 saturated carbocycles. The summed E-state index contributed by atoms with van der Waals surface area (Å²) in [7, 11) is 0. The molecule has 0 fully saturated rings. The third kappa shape index (κ3) is 3.58. The molecular weight excluding hydrogens is 413 g/mol. The van der Waals surface area contributed by atoms with Crippen LogP contribution in [0.4, 0.5) is 18.9 Å². The second-order valence-electron chi connectivity index (χ2n) is 5.77. The van der Waals surface area contributed by atoms with Gasteiger partial charge in [-0.25, -0.2) is 9.50 Å². The summed E-state index contributed by atoms with van der Waals surface area (Å²) in [6, 6.07) is 11.9. The molecule has 4 rings (SSSR count). The van der Waals surface area contributed by atoms with Crippen molar-refractivity contribution < 1.29 is 18.0 Å². The lowest BCUT2D eigenvalue weighted by Gasteiger charge is -2.10. The van der Waals surface area contributed by atoms with E-state index in [2.05, 4.69) is 15.4 Å². The van der Waals surface area contributed by atoms with Gasteiger partial charge in [-0.1, -0.05) is 23.7 Å². The minimum absolute atomic E-state index is 0.0746. The van der Waals surface area contributed by atoms with Crippen LogP contribution in [0.25, 0.3) is 16.2 Å². The Morgan fingerprint density at radius 3 is 2.64 bits per heavy atom. The van der Waals surface area contributed by atoms with Crippen LogP contribution in [0.1, 0.15) is 16.2 Å². The molecule has 0 unspecified atom stereocenters. The summed E-state index contributed by atoms with van der Waals surface area (Å²) in [4.78, 5) is 17.2. The molecule has 0 aliphatic heterocycles. The van der Waals surface area contributed by atoms with E-state index in [0.29, 0.717) is 20.1 Å². The summed E-state index contributed by atoms with van der Waals surface area (Å²) in [5.74, 6) is -0.668. The van der Waals surface area contributed by atoms with Crippen molar-refractivity contribution in [1.29, 1.82) is 0 Å². The van der Waals surface area contributed by atoms with Crippen LogP contribution in [-0.2, 0) is 6.18 Å². The molecule has 3 aromatic heterocycles. The lowest BCUT2D eigenvalue weighted by Crippen LogP contribution is -2.15. The number of nitrogens with zero attached hydrogens (tertiary/aromatic N) is 3. The Labute approximate surface area is 165 Å². The normalized spacial score (nSPS) is 11.7. The highest BCUT2D eigenvalue weighted by Gasteiger charge is 2.35. The second kappa shape index (κ2) is 6.92. The van der Waals surface area contributed by atoms with Gasteiger partial charge in [0.15, 0.2) is 17.0 Å². The number of hydrogen-bond donors (Lipinski definition) is 1. The minimum Gasteiger partial charge on any atom is -0.321 e. The molecule has 3 heterocycles. The molecular formula is C18H10ClF3N4OS. The number of rotatable bonds is 3. The van der Waals surface area contributed by atoms with E-state index in [-0.39, 0.29) is 17.0 Å². The molecule has 4 aromatic rings. The fraction of sp³-hybridized carbons (Fsp3) is 0.0556.